The van der Waals surface area contributed by atoms with Gasteiger partial charge >= 0.3 is 0 Å². The van der Waals surface area contributed by atoms with Crippen LogP contribution in [0.3, 0.4) is 0 Å². The molecule has 1 aromatic carbocycles. The number of halogens is 1. The van der Waals surface area contributed by atoms with Crippen molar-refractivity contribution in [2.24, 2.45) is 0 Å². The van der Waals surface area contributed by atoms with Crippen molar-refractivity contribution in [2.45, 2.75) is 26.7 Å². The maximum Gasteiger partial charge on any atom is 0.270 e. The van der Waals surface area contributed by atoms with Gasteiger partial charge in [0, 0.05) is 17.9 Å². The molecule has 1 heterocycles. The molecule has 0 aliphatic carbocycles. The Balaban J connectivity index is 2.14. The van der Waals surface area contributed by atoms with Crippen molar-refractivity contribution >= 4 is 17.5 Å². The minimum absolute atomic E-state index is 0.235. The van der Waals surface area contributed by atoms with Crippen LogP contribution in [0.1, 0.15) is 35.9 Å². The largest absolute Gasteiger partial charge is 0.351 e. The number of benzene rings is 1. The number of carbonyl (C=O) groups excluding carboxylic acids is 1. The topological polar surface area (TPSA) is 66.9 Å². The van der Waals surface area contributed by atoms with Gasteiger partial charge in [0.15, 0.2) is 0 Å². The van der Waals surface area contributed by atoms with E-state index in [9.17, 15) is 9.18 Å². The second-order valence-electron chi connectivity index (χ2n) is 4.96. The maximum absolute atomic E-state index is 13.2. The van der Waals surface area contributed by atoms with Crippen LogP contribution in [0.2, 0.25) is 0 Å². The first-order chi connectivity index (χ1) is 10.6. The Hall–Kier alpha value is -2.50. The second-order valence-corrected chi connectivity index (χ2v) is 4.96. The first-order valence-corrected chi connectivity index (χ1v) is 7.25. The molecule has 1 aromatic heterocycles. The number of nitrogens with zero attached hydrogens (tertiary/aromatic N) is 2. The van der Waals surface area contributed by atoms with Gasteiger partial charge in [-0.2, -0.15) is 0 Å². The lowest BCUT2D eigenvalue weighted by Gasteiger charge is -2.08. The molecule has 0 unspecified atom stereocenters. The lowest BCUT2D eigenvalue weighted by Crippen LogP contribution is -2.25. The van der Waals surface area contributed by atoms with Crippen molar-refractivity contribution in [3.8, 4) is 0 Å². The smallest absolute Gasteiger partial charge is 0.270 e. The van der Waals surface area contributed by atoms with Crippen LogP contribution < -0.4 is 10.6 Å². The molecule has 5 nitrogen and oxygen atoms in total. The third-order valence-electron chi connectivity index (χ3n) is 2.98. The zero-order valence-electron chi connectivity index (χ0n) is 12.7. The third kappa shape index (κ3) is 4.51. The van der Waals surface area contributed by atoms with Crippen LogP contribution in [0.4, 0.5) is 16.0 Å². The number of unbranched alkanes of at least 4 members (excludes halogenated alkanes) is 1. The Labute approximate surface area is 129 Å². The molecule has 2 N–H and O–H groups in total. The SMILES string of the molecule is CCCCNC(=O)c1cc(C)nc(Nc2cccc(F)c2)n1. The summed E-state index contributed by atoms with van der Waals surface area (Å²) < 4.78 is 13.2. The molecule has 0 saturated heterocycles. The molecule has 22 heavy (non-hydrogen) atoms. The van der Waals surface area contributed by atoms with Crippen molar-refractivity contribution in [3.05, 3.63) is 47.5 Å². The van der Waals surface area contributed by atoms with E-state index in [0.29, 0.717) is 23.6 Å². The highest BCUT2D eigenvalue weighted by Crippen LogP contribution is 2.15. The number of amides is 1. The molecule has 1 amide bonds. The lowest BCUT2D eigenvalue weighted by molar-refractivity contribution is 0.0948. The minimum Gasteiger partial charge on any atom is -0.351 e. The number of hydrogen-bond acceptors (Lipinski definition) is 4. The Bertz CT molecular complexity index is 660. The van der Waals surface area contributed by atoms with Crippen LogP contribution in [0.5, 0.6) is 0 Å². The molecule has 2 aromatic rings. The number of nitrogens with one attached hydrogen (secondary N) is 2. The van der Waals surface area contributed by atoms with Crippen molar-refractivity contribution in [1.29, 1.82) is 0 Å². The van der Waals surface area contributed by atoms with Gasteiger partial charge in [-0.1, -0.05) is 19.4 Å². The van der Waals surface area contributed by atoms with Gasteiger partial charge in [-0.05, 0) is 37.6 Å². The zero-order chi connectivity index (χ0) is 15.9. The molecule has 2 rings (SSSR count). The van der Waals surface area contributed by atoms with Crippen LogP contribution in [0, 0.1) is 12.7 Å². The number of anilines is 2. The Morgan fingerprint density at radius 2 is 2.09 bits per heavy atom. The van der Waals surface area contributed by atoms with E-state index in [-0.39, 0.29) is 17.7 Å². The number of rotatable bonds is 6. The van der Waals surface area contributed by atoms with E-state index >= 15 is 0 Å². The van der Waals surface area contributed by atoms with E-state index in [4.69, 9.17) is 0 Å². The van der Waals surface area contributed by atoms with Gasteiger partial charge < -0.3 is 10.6 Å². The molecular formula is C16H19FN4O. The van der Waals surface area contributed by atoms with E-state index in [1.54, 1.807) is 25.1 Å². The van der Waals surface area contributed by atoms with E-state index in [2.05, 4.69) is 27.5 Å². The molecule has 0 spiro atoms. The molecule has 0 fully saturated rings. The maximum atomic E-state index is 13.2. The first kappa shape index (κ1) is 15.9. The molecule has 0 bridgehead atoms. The van der Waals surface area contributed by atoms with Gasteiger partial charge in [-0.25, -0.2) is 14.4 Å². The summed E-state index contributed by atoms with van der Waals surface area (Å²) in [4.78, 5) is 20.4. The van der Waals surface area contributed by atoms with E-state index in [1.807, 2.05) is 0 Å². The average Bonchev–Trinajstić information content (AvgIpc) is 2.46. The third-order valence-corrected chi connectivity index (χ3v) is 2.98. The first-order valence-electron chi connectivity index (χ1n) is 7.25. The minimum atomic E-state index is -0.352. The van der Waals surface area contributed by atoms with Gasteiger partial charge in [0.1, 0.15) is 11.5 Å². The highest BCUT2D eigenvalue weighted by Gasteiger charge is 2.10. The summed E-state index contributed by atoms with van der Waals surface area (Å²) in [5, 5.41) is 5.72. The summed E-state index contributed by atoms with van der Waals surface area (Å²) in [6, 6.07) is 7.61. The fraction of sp³-hybridized carbons (Fsp3) is 0.312. The van der Waals surface area contributed by atoms with Crippen LogP contribution in [-0.4, -0.2) is 22.4 Å². The van der Waals surface area contributed by atoms with Gasteiger partial charge in [0.25, 0.3) is 5.91 Å². The van der Waals surface area contributed by atoms with Crippen molar-refractivity contribution < 1.29 is 9.18 Å². The van der Waals surface area contributed by atoms with Crippen LogP contribution >= 0.6 is 0 Å². The van der Waals surface area contributed by atoms with Crippen LogP contribution in [0.15, 0.2) is 30.3 Å². The summed E-state index contributed by atoms with van der Waals surface area (Å²) in [5.74, 6) is -0.317. The summed E-state index contributed by atoms with van der Waals surface area (Å²) in [7, 11) is 0. The average molecular weight is 302 g/mol. The second kappa shape index (κ2) is 7.49. The number of aromatic nitrogens is 2. The van der Waals surface area contributed by atoms with Crippen molar-refractivity contribution in [3.63, 3.8) is 0 Å². The van der Waals surface area contributed by atoms with Gasteiger partial charge in [-0.15, -0.1) is 0 Å². The number of aryl methyl sites for hydroxylation is 1. The summed E-state index contributed by atoms with van der Waals surface area (Å²) >= 11 is 0. The van der Waals surface area contributed by atoms with Crippen LogP contribution in [-0.2, 0) is 0 Å². The molecule has 0 radical (unpaired) electrons. The highest BCUT2D eigenvalue weighted by atomic mass is 19.1. The Kier molecular flexibility index (Phi) is 5.41. The molecule has 0 atom stereocenters. The highest BCUT2D eigenvalue weighted by molar-refractivity contribution is 5.92. The zero-order valence-corrected chi connectivity index (χ0v) is 12.7. The molecule has 0 saturated carbocycles. The monoisotopic (exact) mass is 302 g/mol. The van der Waals surface area contributed by atoms with E-state index in [0.717, 1.165) is 12.8 Å². The van der Waals surface area contributed by atoms with E-state index < -0.39 is 0 Å². The van der Waals surface area contributed by atoms with Gasteiger partial charge in [0.05, 0.1) is 0 Å². The van der Waals surface area contributed by atoms with E-state index in [1.165, 1.54) is 12.1 Å². The number of hydrogen-bond donors (Lipinski definition) is 2. The molecule has 116 valence electrons. The fourth-order valence-corrected chi connectivity index (χ4v) is 1.91. The quantitative estimate of drug-likeness (QED) is 0.804. The lowest BCUT2D eigenvalue weighted by atomic mass is 10.3. The fourth-order valence-electron chi connectivity index (χ4n) is 1.91. The Morgan fingerprint density at radius 3 is 2.82 bits per heavy atom. The van der Waals surface area contributed by atoms with Crippen molar-refractivity contribution in [2.75, 3.05) is 11.9 Å². The molecule has 0 aliphatic heterocycles. The standard InChI is InChI=1S/C16H19FN4O/c1-3-4-8-18-15(22)14-9-11(2)19-16(21-14)20-13-7-5-6-12(17)10-13/h5-7,9-10H,3-4,8H2,1-2H3,(H,18,22)(H,19,20,21). The Morgan fingerprint density at radius 1 is 1.27 bits per heavy atom. The molecule has 0 aliphatic rings. The predicted molar refractivity (Wildman–Crippen MR) is 83.7 cm³/mol. The predicted octanol–water partition coefficient (Wildman–Crippen LogP) is 3.20. The normalized spacial score (nSPS) is 10.3. The number of carbonyl (C=O) groups is 1. The molecule has 6 heteroatoms. The molecular weight excluding hydrogens is 283 g/mol. The van der Waals surface area contributed by atoms with Crippen molar-refractivity contribution in [1.82, 2.24) is 15.3 Å². The summed E-state index contributed by atoms with van der Waals surface area (Å²) in [6.45, 7) is 4.45. The van der Waals surface area contributed by atoms with Gasteiger partial charge in [-0.3, -0.25) is 4.79 Å². The van der Waals surface area contributed by atoms with Crippen LogP contribution in [0.25, 0.3) is 0 Å². The summed E-state index contributed by atoms with van der Waals surface area (Å²) in [5.41, 5.74) is 1.49. The summed E-state index contributed by atoms with van der Waals surface area (Å²) in [6.07, 6.45) is 1.93. The van der Waals surface area contributed by atoms with Gasteiger partial charge in [0.2, 0.25) is 5.95 Å².